The van der Waals surface area contributed by atoms with Crippen LogP contribution in [-0.4, -0.2) is 30.7 Å². The summed E-state index contributed by atoms with van der Waals surface area (Å²) in [5, 5.41) is 10.9. The maximum Gasteiger partial charge on any atom is 0.309 e. The van der Waals surface area contributed by atoms with E-state index in [-0.39, 0.29) is 11.5 Å². The summed E-state index contributed by atoms with van der Waals surface area (Å²) in [6, 6.07) is -0.776. The number of esters is 1. The van der Waals surface area contributed by atoms with Gasteiger partial charge in [0.15, 0.2) is 0 Å². The molecule has 0 aromatic carbocycles. The molecular formula is C9H16N2O5. The highest BCUT2D eigenvalue weighted by Gasteiger charge is 2.44. The molecule has 0 aliphatic heterocycles. The highest BCUT2D eigenvalue weighted by Crippen LogP contribution is 2.32. The van der Waals surface area contributed by atoms with E-state index >= 15 is 0 Å². The van der Waals surface area contributed by atoms with E-state index in [0.717, 1.165) is 0 Å². The van der Waals surface area contributed by atoms with E-state index in [9.17, 15) is 14.9 Å². The molecule has 0 saturated heterocycles. The number of rotatable bonds is 4. The van der Waals surface area contributed by atoms with Crippen LogP contribution in [0.1, 0.15) is 19.3 Å². The fraction of sp³-hybridized carbons (Fsp3) is 0.889. The molecule has 7 nitrogen and oxygen atoms in total. The summed E-state index contributed by atoms with van der Waals surface area (Å²) in [4.78, 5) is 26.4. The van der Waals surface area contributed by atoms with Crippen molar-refractivity contribution in [1.82, 2.24) is 0 Å². The second kappa shape index (κ2) is 5.76. The minimum Gasteiger partial charge on any atom is -0.469 e. The normalized spacial score (nSPS) is 29.8. The van der Waals surface area contributed by atoms with Gasteiger partial charge in [-0.05, 0) is 12.8 Å². The summed E-state index contributed by atoms with van der Waals surface area (Å²) >= 11 is 0. The maximum atomic E-state index is 11.5. The highest BCUT2D eigenvalue weighted by molar-refractivity contribution is 5.72. The second-order valence-corrected chi connectivity index (χ2v) is 3.91. The highest BCUT2D eigenvalue weighted by atomic mass is 16.6. The monoisotopic (exact) mass is 232 g/mol. The SMILES string of the molecule is COC(=O)C1CCCC([N+](=O)[O-])C1CON. The van der Waals surface area contributed by atoms with Crippen molar-refractivity contribution < 1.29 is 19.3 Å². The van der Waals surface area contributed by atoms with Gasteiger partial charge in [-0.15, -0.1) is 0 Å². The first-order chi connectivity index (χ1) is 7.61. The van der Waals surface area contributed by atoms with Gasteiger partial charge < -0.3 is 9.57 Å². The number of hydrogen-bond donors (Lipinski definition) is 1. The lowest BCUT2D eigenvalue weighted by Gasteiger charge is -2.30. The molecule has 0 bridgehead atoms. The van der Waals surface area contributed by atoms with Crippen molar-refractivity contribution in [3.8, 4) is 0 Å². The van der Waals surface area contributed by atoms with Gasteiger partial charge >= 0.3 is 5.97 Å². The van der Waals surface area contributed by atoms with E-state index < -0.39 is 23.8 Å². The van der Waals surface area contributed by atoms with E-state index in [1.165, 1.54) is 7.11 Å². The summed E-state index contributed by atoms with van der Waals surface area (Å²) < 4.78 is 4.64. The molecule has 0 spiro atoms. The van der Waals surface area contributed by atoms with Crippen LogP contribution in [0.15, 0.2) is 0 Å². The smallest absolute Gasteiger partial charge is 0.309 e. The fourth-order valence-electron chi connectivity index (χ4n) is 2.29. The Bertz CT molecular complexity index is 271. The van der Waals surface area contributed by atoms with Gasteiger partial charge in [-0.3, -0.25) is 14.9 Å². The Balaban J connectivity index is 2.81. The molecule has 0 aromatic heterocycles. The Morgan fingerprint density at radius 3 is 2.75 bits per heavy atom. The summed E-state index contributed by atoms with van der Waals surface area (Å²) in [6.07, 6.45) is 1.69. The van der Waals surface area contributed by atoms with Crippen LogP contribution >= 0.6 is 0 Å². The Labute approximate surface area is 93.0 Å². The van der Waals surface area contributed by atoms with Crippen molar-refractivity contribution in [3.05, 3.63) is 10.1 Å². The van der Waals surface area contributed by atoms with Crippen LogP contribution in [0.3, 0.4) is 0 Å². The molecule has 1 rings (SSSR count). The molecule has 2 N–H and O–H groups in total. The number of nitro groups is 1. The van der Waals surface area contributed by atoms with Crippen molar-refractivity contribution >= 4 is 5.97 Å². The zero-order valence-corrected chi connectivity index (χ0v) is 9.13. The number of methoxy groups -OCH3 is 1. The van der Waals surface area contributed by atoms with Crippen LogP contribution in [0.2, 0.25) is 0 Å². The van der Waals surface area contributed by atoms with Gasteiger partial charge in [-0.2, -0.15) is 0 Å². The average Bonchev–Trinajstić information content (AvgIpc) is 2.28. The first-order valence-corrected chi connectivity index (χ1v) is 5.14. The van der Waals surface area contributed by atoms with E-state index in [4.69, 9.17) is 5.90 Å². The largest absolute Gasteiger partial charge is 0.469 e. The predicted molar refractivity (Wildman–Crippen MR) is 53.8 cm³/mol. The number of nitrogens with two attached hydrogens (primary N) is 1. The number of hydrogen-bond acceptors (Lipinski definition) is 6. The van der Waals surface area contributed by atoms with Gasteiger partial charge in [-0.1, -0.05) is 0 Å². The molecule has 3 atom stereocenters. The Kier molecular flexibility index (Phi) is 4.63. The summed E-state index contributed by atoms with van der Waals surface area (Å²) in [7, 11) is 1.28. The Hall–Kier alpha value is -1.21. The molecule has 16 heavy (non-hydrogen) atoms. The molecule has 3 unspecified atom stereocenters. The van der Waals surface area contributed by atoms with E-state index in [0.29, 0.717) is 19.3 Å². The van der Waals surface area contributed by atoms with Crippen LogP contribution in [0.5, 0.6) is 0 Å². The summed E-state index contributed by atoms with van der Waals surface area (Å²) in [6.45, 7) is 0.00537. The lowest BCUT2D eigenvalue weighted by atomic mass is 9.76. The first kappa shape index (κ1) is 12.9. The number of carbonyl (C=O) groups is 1. The molecule has 1 aliphatic carbocycles. The number of ether oxygens (including phenoxy) is 1. The third-order valence-corrected chi connectivity index (χ3v) is 3.09. The Morgan fingerprint density at radius 2 is 2.25 bits per heavy atom. The van der Waals surface area contributed by atoms with Crippen molar-refractivity contribution in [1.29, 1.82) is 0 Å². The van der Waals surface area contributed by atoms with Crippen molar-refractivity contribution in [2.75, 3.05) is 13.7 Å². The standard InChI is InChI=1S/C9H16N2O5/c1-15-9(12)6-3-2-4-8(11(13)14)7(6)5-16-10/h6-8H,2-5,10H2,1H3. The van der Waals surface area contributed by atoms with Crippen LogP contribution < -0.4 is 5.90 Å². The van der Waals surface area contributed by atoms with E-state index in [1.807, 2.05) is 0 Å². The zero-order chi connectivity index (χ0) is 12.1. The molecule has 0 heterocycles. The van der Waals surface area contributed by atoms with Gasteiger partial charge in [0.25, 0.3) is 0 Å². The third kappa shape index (κ3) is 2.67. The van der Waals surface area contributed by atoms with Crippen LogP contribution in [0.25, 0.3) is 0 Å². The van der Waals surface area contributed by atoms with Gasteiger partial charge in [0.05, 0.1) is 25.6 Å². The third-order valence-electron chi connectivity index (χ3n) is 3.09. The number of carbonyl (C=O) groups excluding carboxylic acids is 1. The lowest BCUT2D eigenvalue weighted by molar-refractivity contribution is -0.538. The molecule has 1 saturated carbocycles. The van der Waals surface area contributed by atoms with E-state index in [2.05, 4.69) is 9.57 Å². The quantitative estimate of drug-likeness (QED) is 0.419. The van der Waals surface area contributed by atoms with Gasteiger partial charge in [0.2, 0.25) is 6.04 Å². The topological polar surface area (TPSA) is 105 Å². The molecule has 1 aliphatic rings. The van der Waals surface area contributed by atoms with Gasteiger partial charge in [0.1, 0.15) is 0 Å². The van der Waals surface area contributed by atoms with Crippen LogP contribution in [0, 0.1) is 22.0 Å². The predicted octanol–water partition coefficient (Wildman–Crippen LogP) is 0.111. The van der Waals surface area contributed by atoms with Crippen LogP contribution in [-0.2, 0) is 14.4 Å². The molecular weight excluding hydrogens is 216 g/mol. The number of nitrogens with zero attached hydrogens (tertiary/aromatic N) is 1. The minimum atomic E-state index is -0.776. The van der Waals surface area contributed by atoms with E-state index in [1.54, 1.807) is 0 Å². The van der Waals surface area contributed by atoms with Crippen molar-refractivity contribution in [2.24, 2.45) is 17.7 Å². The van der Waals surface area contributed by atoms with Crippen molar-refractivity contribution in [3.63, 3.8) is 0 Å². The first-order valence-electron chi connectivity index (χ1n) is 5.14. The minimum absolute atomic E-state index is 0.00537. The lowest BCUT2D eigenvalue weighted by Crippen LogP contribution is -2.44. The molecule has 0 aromatic rings. The molecule has 0 radical (unpaired) electrons. The average molecular weight is 232 g/mol. The zero-order valence-electron chi connectivity index (χ0n) is 9.13. The van der Waals surface area contributed by atoms with Gasteiger partial charge in [0, 0.05) is 11.3 Å². The summed E-state index contributed by atoms with van der Waals surface area (Å²) in [5.74, 6) is 3.54. The molecule has 7 heteroatoms. The Morgan fingerprint density at radius 1 is 1.56 bits per heavy atom. The molecule has 1 fully saturated rings. The molecule has 0 amide bonds. The fourth-order valence-corrected chi connectivity index (χ4v) is 2.29. The van der Waals surface area contributed by atoms with Gasteiger partial charge in [-0.25, -0.2) is 5.90 Å². The molecule has 92 valence electrons. The van der Waals surface area contributed by atoms with Crippen molar-refractivity contribution in [2.45, 2.75) is 25.3 Å². The van der Waals surface area contributed by atoms with Crippen LogP contribution in [0.4, 0.5) is 0 Å². The summed E-state index contributed by atoms with van der Waals surface area (Å²) in [5.41, 5.74) is 0. The second-order valence-electron chi connectivity index (χ2n) is 3.91. The maximum absolute atomic E-state index is 11.5.